The van der Waals surface area contributed by atoms with Crippen LogP contribution in [0.3, 0.4) is 0 Å². The summed E-state index contributed by atoms with van der Waals surface area (Å²) in [7, 11) is 0. The number of nitrogens with zero attached hydrogens (tertiary/aromatic N) is 2. The highest BCUT2D eigenvalue weighted by molar-refractivity contribution is 6.30. The second kappa shape index (κ2) is 6.45. The van der Waals surface area contributed by atoms with Crippen molar-refractivity contribution in [1.29, 1.82) is 0 Å². The van der Waals surface area contributed by atoms with Gasteiger partial charge in [-0.1, -0.05) is 11.6 Å². The zero-order valence-corrected chi connectivity index (χ0v) is 12.4. The third-order valence-electron chi connectivity index (χ3n) is 2.90. The highest BCUT2D eigenvalue weighted by Crippen LogP contribution is 2.15. The molecule has 8 heteroatoms. The van der Waals surface area contributed by atoms with Crippen LogP contribution in [0.1, 0.15) is 10.4 Å². The van der Waals surface area contributed by atoms with Gasteiger partial charge in [0.05, 0.1) is 10.6 Å². The van der Waals surface area contributed by atoms with Gasteiger partial charge in [-0.2, -0.15) is 0 Å². The molecule has 1 N–H and O–H groups in total. The Hall–Kier alpha value is -2.93. The molecule has 1 amide bonds. The lowest BCUT2D eigenvalue weighted by Crippen LogP contribution is -2.21. The van der Waals surface area contributed by atoms with Gasteiger partial charge in [-0.15, -0.1) is 0 Å². The number of amides is 1. The van der Waals surface area contributed by atoms with E-state index < -0.39 is 18.5 Å². The van der Waals surface area contributed by atoms with Crippen molar-refractivity contribution in [3.05, 3.63) is 53.5 Å². The second-order valence-electron chi connectivity index (χ2n) is 4.52. The fraction of sp³-hybridized carbons (Fsp3) is 0.0667. The molecule has 3 aromatic rings. The van der Waals surface area contributed by atoms with Crippen LogP contribution in [-0.2, 0) is 9.53 Å². The minimum Gasteiger partial charge on any atom is -0.452 e. The number of benzene rings is 1. The molecule has 0 radical (unpaired) electrons. The first kappa shape index (κ1) is 15.0. The standard InChI is InChI=1S/C15H10ClN3O4/c16-10-2-4-13(17-6-10)19-14(20)7-22-15(21)9-1-3-11-12(5-9)23-8-18-11/h1-6,8H,7H2,(H,17,19,20). The molecule has 2 aromatic heterocycles. The maximum atomic E-state index is 11.9. The molecule has 0 unspecified atom stereocenters. The van der Waals surface area contributed by atoms with Crippen LogP contribution in [0.2, 0.25) is 5.02 Å². The molecule has 7 nitrogen and oxygen atoms in total. The lowest BCUT2D eigenvalue weighted by atomic mass is 10.2. The summed E-state index contributed by atoms with van der Waals surface area (Å²) in [6, 6.07) is 7.81. The first-order valence-corrected chi connectivity index (χ1v) is 6.91. The molecule has 0 saturated carbocycles. The fourth-order valence-corrected chi connectivity index (χ4v) is 1.94. The summed E-state index contributed by atoms with van der Waals surface area (Å²) < 4.78 is 10.1. The number of hydrogen-bond acceptors (Lipinski definition) is 6. The third kappa shape index (κ3) is 3.64. The number of esters is 1. The third-order valence-corrected chi connectivity index (χ3v) is 3.12. The molecule has 0 atom stereocenters. The van der Waals surface area contributed by atoms with Crippen LogP contribution in [0, 0.1) is 0 Å². The number of oxazole rings is 1. The summed E-state index contributed by atoms with van der Waals surface area (Å²) >= 11 is 5.70. The Bertz CT molecular complexity index is 861. The van der Waals surface area contributed by atoms with E-state index in [0.717, 1.165) is 0 Å². The van der Waals surface area contributed by atoms with E-state index in [1.54, 1.807) is 24.3 Å². The average Bonchev–Trinajstić information content (AvgIpc) is 3.02. The first-order valence-electron chi connectivity index (χ1n) is 6.53. The Labute approximate surface area is 135 Å². The predicted octanol–water partition coefficient (Wildman–Crippen LogP) is 2.67. The van der Waals surface area contributed by atoms with Gasteiger partial charge in [-0.05, 0) is 30.3 Å². The van der Waals surface area contributed by atoms with Crippen molar-refractivity contribution in [1.82, 2.24) is 9.97 Å². The van der Waals surface area contributed by atoms with Crippen molar-refractivity contribution in [2.45, 2.75) is 0 Å². The van der Waals surface area contributed by atoms with Crippen molar-refractivity contribution >= 4 is 40.4 Å². The highest BCUT2D eigenvalue weighted by Gasteiger charge is 2.12. The van der Waals surface area contributed by atoms with E-state index in [-0.39, 0.29) is 5.56 Å². The number of halogens is 1. The van der Waals surface area contributed by atoms with Crippen molar-refractivity contribution in [2.75, 3.05) is 11.9 Å². The van der Waals surface area contributed by atoms with E-state index in [1.165, 1.54) is 18.7 Å². The van der Waals surface area contributed by atoms with Gasteiger partial charge in [-0.3, -0.25) is 4.79 Å². The summed E-state index contributed by atoms with van der Waals surface area (Å²) in [4.78, 5) is 31.5. The number of nitrogens with one attached hydrogen (secondary N) is 1. The second-order valence-corrected chi connectivity index (χ2v) is 4.96. The van der Waals surface area contributed by atoms with Gasteiger partial charge in [-0.25, -0.2) is 14.8 Å². The monoisotopic (exact) mass is 331 g/mol. The maximum absolute atomic E-state index is 11.9. The van der Waals surface area contributed by atoms with Gasteiger partial charge in [0.1, 0.15) is 11.3 Å². The number of carbonyl (C=O) groups excluding carboxylic acids is 2. The Morgan fingerprint density at radius 1 is 1.22 bits per heavy atom. The molecule has 116 valence electrons. The lowest BCUT2D eigenvalue weighted by Gasteiger charge is -2.06. The summed E-state index contributed by atoms with van der Waals surface area (Å²) in [5, 5.41) is 2.94. The number of carbonyl (C=O) groups is 2. The zero-order chi connectivity index (χ0) is 16.2. The van der Waals surface area contributed by atoms with Crippen LogP contribution in [0.4, 0.5) is 5.82 Å². The molecule has 0 aliphatic carbocycles. The smallest absolute Gasteiger partial charge is 0.338 e. The van der Waals surface area contributed by atoms with Crippen LogP contribution >= 0.6 is 11.6 Å². The number of pyridine rings is 1. The molecule has 23 heavy (non-hydrogen) atoms. The molecule has 1 aromatic carbocycles. The number of fused-ring (bicyclic) bond motifs is 1. The summed E-state index contributed by atoms with van der Waals surface area (Å²) in [5.41, 5.74) is 1.37. The van der Waals surface area contributed by atoms with Gasteiger partial charge in [0.2, 0.25) is 0 Å². The van der Waals surface area contributed by atoms with E-state index in [9.17, 15) is 9.59 Å². The Morgan fingerprint density at radius 3 is 2.87 bits per heavy atom. The minimum atomic E-state index is -0.637. The predicted molar refractivity (Wildman–Crippen MR) is 82.2 cm³/mol. The molecule has 0 bridgehead atoms. The van der Waals surface area contributed by atoms with Gasteiger partial charge < -0.3 is 14.5 Å². The van der Waals surface area contributed by atoms with Crippen LogP contribution in [0.15, 0.2) is 47.3 Å². The number of rotatable bonds is 4. The average molecular weight is 332 g/mol. The highest BCUT2D eigenvalue weighted by atomic mass is 35.5. The SMILES string of the molecule is O=C(COC(=O)c1ccc2ncoc2c1)Nc1ccc(Cl)cn1. The Morgan fingerprint density at radius 2 is 2.09 bits per heavy atom. The molecule has 0 saturated heterocycles. The minimum absolute atomic E-state index is 0.270. The van der Waals surface area contributed by atoms with E-state index in [4.69, 9.17) is 20.8 Å². The summed E-state index contributed by atoms with van der Waals surface area (Å²) in [6.45, 7) is -0.433. The maximum Gasteiger partial charge on any atom is 0.338 e. The molecular weight excluding hydrogens is 322 g/mol. The molecule has 0 spiro atoms. The topological polar surface area (TPSA) is 94.3 Å². The van der Waals surface area contributed by atoms with Crippen LogP contribution in [0.5, 0.6) is 0 Å². The van der Waals surface area contributed by atoms with Crippen molar-refractivity contribution in [3.8, 4) is 0 Å². The van der Waals surface area contributed by atoms with Gasteiger partial charge in [0.25, 0.3) is 5.91 Å². The quantitative estimate of drug-likeness (QED) is 0.739. The van der Waals surface area contributed by atoms with Gasteiger partial charge in [0, 0.05) is 6.20 Å². The number of ether oxygens (including phenoxy) is 1. The van der Waals surface area contributed by atoms with Crippen molar-refractivity contribution < 1.29 is 18.7 Å². The van der Waals surface area contributed by atoms with Gasteiger partial charge in [0.15, 0.2) is 18.6 Å². The van der Waals surface area contributed by atoms with E-state index >= 15 is 0 Å². The molecule has 2 heterocycles. The molecular formula is C15H10ClN3O4. The lowest BCUT2D eigenvalue weighted by molar-refractivity contribution is -0.119. The van der Waals surface area contributed by atoms with Crippen molar-refractivity contribution in [3.63, 3.8) is 0 Å². The van der Waals surface area contributed by atoms with Gasteiger partial charge >= 0.3 is 5.97 Å². The Kier molecular flexibility index (Phi) is 4.20. The number of aromatic nitrogens is 2. The largest absolute Gasteiger partial charge is 0.452 e. The summed E-state index contributed by atoms with van der Waals surface area (Å²) in [6.07, 6.45) is 2.68. The normalized spacial score (nSPS) is 10.5. The first-order chi connectivity index (χ1) is 11.1. The fourth-order valence-electron chi connectivity index (χ4n) is 1.83. The number of anilines is 1. The molecule has 0 aliphatic heterocycles. The van der Waals surface area contributed by atoms with Crippen molar-refractivity contribution in [2.24, 2.45) is 0 Å². The Balaban J connectivity index is 1.57. The zero-order valence-electron chi connectivity index (χ0n) is 11.7. The molecule has 0 aliphatic rings. The summed E-state index contributed by atoms with van der Waals surface area (Å²) in [5.74, 6) is -0.824. The van der Waals surface area contributed by atoms with E-state index in [1.807, 2.05) is 0 Å². The van der Waals surface area contributed by atoms with E-state index in [2.05, 4.69) is 15.3 Å². The molecule has 3 rings (SSSR count). The number of hydrogen-bond donors (Lipinski definition) is 1. The van der Waals surface area contributed by atoms with Crippen LogP contribution in [-0.4, -0.2) is 28.5 Å². The van der Waals surface area contributed by atoms with E-state index in [0.29, 0.717) is 21.9 Å². The molecule has 0 fully saturated rings. The van der Waals surface area contributed by atoms with Crippen LogP contribution < -0.4 is 5.32 Å². The van der Waals surface area contributed by atoms with Crippen LogP contribution in [0.25, 0.3) is 11.1 Å².